The van der Waals surface area contributed by atoms with Gasteiger partial charge in [-0.3, -0.25) is 14.5 Å². The Bertz CT molecular complexity index is 1030. The Morgan fingerprint density at radius 2 is 1.79 bits per heavy atom. The molecule has 2 saturated heterocycles. The fraction of sp³-hybridized carbons (Fsp3) is 0.741. The molecule has 4 N–H and O–H groups in total. The molecule has 5 atom stereocenters. The summed E-state index contributed by atoms with van der Waals surface area (Å²) in [6.45, 7) is 6.46. The number of carbonyl (C=O) groups excluding carboxylic acids is 2. The Balaban J connectivity index is 0.000000782. The van der Waals surface area contributed by atoms with Crippen molar-refractivity contribution >= 4 is 35.5 Å². The van der Waals surface area contributed by atoms with E-state index in [0.29, 0.717) is 37.5 Å². The standard InChI is InChI=1S/C25H41N5O4S.C2HF3O2/c1-4-17-9-12-30(22(31)7-6-19-14-26-16-27-19)21(17)15-29-11-8-18(5-2)23(29)24(32)28-20(25(33)34)10-13-35-3;3-2(4,5)1(6)7/h14,16-18,20-21,23H,4-13,15H2,1-3H3,(H,26,27)(H,28,32)(H,33,34);(H,6,7)/t17-,18-,20?,21+,23?;/m0./s1. The van der Waals surface area contributed by atoms with Gasteiger partial charge in [-0.05, 0) is 56.1 Å². The summed E-state index contributed by atoms with van der Waals surface area (Å²) in [6.07, 6.45) is 5.49. The monoisotopic (exact) mass is 621 g/mol. The Morgan fingerprint density at radius 1 is 1.14 bits per heavy atom. The van der Waals surface area contributed by atoms with Crippen LogP contribution in [0.5, 0.6) is 0 Å². The van der Waals surface area contributed by atoms with Crippen molar-refractivity contribution in [1.29, 1.82) is 0 Å². The molecule has 11 nitrogen and oxygen atoms in total. The zero-order chi connectivity index (χ0) is 31.4. The normalized spacial score (nSPS) is 23.2. The van der Waals surface area contributed by atoms with Crippen molar-refractivity contribution in [3.8, 4) is 0 Å². The Morgan fingerprint density at radius 3 is 2.31 bits per heavy atom. The number of nitrogens with one attached hydrogen (secondary N) is 2. The van der Waals surface area contributed by atoms with Crippen LogP contribution in [0.3, 0.4) is 0 Å². The fourth-order valence-corrected chi connectivity index (χ4v) is 6.16. The lowest BCUT2D eigenvalue weighted by Crippen LogP contribution is -2.54. The van der Waals surface area contributed by atoms with Gasteiger partial charge in [-0.2, -0.15) is 24.9 Å². The molecule has 0 aliphatic carbocycles. The summed E-state index contributed by atoms with van der Waals surface area (Å²) in [5.74, 6) is -2.52. The van der Waals surface area contributed by atoms with Crippen LogP contribution < -0.4 is 5.32 Å². The van der Waals surface area contributed by atoms with Gasteiger partial charge in [-0.15, -0.1) is 0 Å². The molecule has 2 fully saturated rings. The number of carbonyl (C=O) groups is 4. The third-order valence-electron chi connectivity index (χ3n) is 7.99. The van der Waals surface area contributed by atoms with Crippen LogP contribution in [-0.2, 0) is 25.6 Å². The predicted octanol–water partition coefficient (Wildman–Crippen LogP) is 3.03. The molecule has 42 heavy (non-hydrogen) atoms. The molecule has 0 bridgehead atoms. The van der Waals surface area contributed by atoms with Crippen LogP contribution in [0.15, 0.2) is 12.5 Å². The second kappa shape index (κ2) is 16.7. The number of aromatic nitrogens is 2. The highest BCUT2D eigenvalue weighted by Gasteiger charge is 2.44. The van der Waals surface area contributed by atoms with Crippen molar-refractivity contribution in [2.24, 2.45) is 11.8 Å². The number of aliphatic carboxylic acids is 2. The number of rotatable bonds is 13. The maximum Gasteiger partial charge on any atom is 0.490 e. The number of carboxylic acids is 2. The second-order valence-electron chi connectivity index (χ2n) is 10.6. The van der Waals surface area contributed by atoms with Crippen LogP contribution in [0.4, 0.5) is 13.2 Å². The smallest absolute Gasteiger partial charge is 0.480 e. The highest BCUT2D eigenvalue weighted by molar-refractivity contribution is 7.98. The highest BCUT2D eigenvalue weighted by Crippen LogP contribution is 2.33. The molecule has 15 heteroatoms. The Kier molecular flexibility index (Phi) is 14.1. The number of carboxylic acid groups (broad SMARTS) is 2. The number of aryl methyl sites for hydroxylation is 1. The van der Waals surface area contributed by atoms with E-state index in [4.69, 9.17) is 9.90 Å². The Hall–Kier alpha value is -2.81. The predicted molar refractivity (Wildman–Crippen MR) is 151 cm³/mol. The maximum atomic E-state index is 13.4. The summed E-state index contributed by atoms with van der Waals surface area (Å²) in [5, 5.41) is 19.6. The van der Waals surface area contributed by atoms with Gasteiger partial charge in [-0.1, -0.05) is 26.7 Å². The number of imidazole rings is 1. The summed E-state index contributed by atoms with van der Waals surface area (Å²) >= 11 is 1.57. The van der Waals surface area contributed by atoms with E-state index in [0.717, 1.165) is 44.5 Å². The molecule has 2 aliphatic rings. The summed E-state index contributed by atoms with van der Waals surface area (Å²) in [7, 11) is 0. The minimum Gasteiger partial charge on any atom is -0.480 e. The van der Waals surface area contributed by atoms with Gasteiger partial charge in [0.1, 0.15) is 6.04 Å². The minimum atomic E-state index is -5.08. The van der Waals surface area contributed by atoms with E-state index >= 15 is 0 Å². The number of likely N-dealkylation sites (tertiary alicyclic amines) is 2. The van der Waals surface area contributed by atoms with E-state index < -0.39 is 24.2 Å². The summed E-state index contributed by atoms with van der Waals surface area (Å²) in [4.78, 5) is 58.5. The van der Waals surface area contributed by atoms with Gasteiger partial charge in [0.25, 0.3) is 0 Å². The first-order chi connectivity index (χ1) is 19.8. The number of amides is 2. The largest absolute Gasteiger partial charge is 0.490 e. The molecule has 3 heterocycles. The topological polar surface area (TPSA) is 156 Å². The van der Waals surface area contributed by atoms with Crippen molar-refractivity contribution in [2.45, 2.75) is 83.1 Å². The van der Waals surface area contributed by atoms with E-state index in [-0.39, 0.29) is 29.8 Å². The molecule has 1 aromatic heterocycles. The highest BCUT2D eigenvalue weighted by atomic mass is 32.2. The lowest BCUT2D eigenvalue weighted by Gasteiger charge is -2.35. The van der Waals surface area contributed by atoms with Gasteiger partial charge in [0.15, 0.2) is 0 Å². The van der Waals surface area contributed by atoms with Crippen LogP contribution in [0.25, 0.3) is 0 Å². The number of aromatic amines is 1. The molecule has 0 saturated carbocycles. The van der Waals surface area contributed by atoms with Gasteiger partial charge in [0.05, 0.1) is 18.1 Å². The first-order valence-electron chi connectivity index (χ1n) is 14.2. The fourth-order valence-electron chi connectivity index (χ4n) is 5.69. The molecule has 238 valence electrons. The van der Waals surface area contributed by atoms with Crippen LogP contribution >= 0.6 is 11.8 Å². The lowest BCUT2D eigenvalue weighted by atomic mass is 9.94. The van der Waals surface area contributed by atoms with Crippen LogP contribution in [0, 0.1) is 11.8 Å². The molecule has 1 aromatic rings. The number of nitrogens with zero attached hydrogens (tertiary/aromatic N) is 3. The molecule has 2 amide bonds. The quantitative estimate of drug-likeness (QED) is 0.260. The number of thioether (sulfide) groups is 1. The van der Waals surface area contributed by atoms with Crippen molar-refractivity contribution in [2.75, 3.05) is 31.6 Å². The van der Waals surface area contributed by atoms with Crippen molar-refractivity contribution in [1.82, 2.24) is 25.1 Å². The van der Waals surface area contributed by atoms with Gasteiger partial charge in [0.2, 0.25) is 11.8 Å². The molecule has 0 aromatic carbocycles. The van der Waals surface area contributed by atoms with Crippen LogP contribution in [0.2, 0.25) is 0 Å². The first-order valence-corrected chi connectivity index (χ1v) is 15.6. The number of halogens is 3. The zero-order valence-electron chi connectivity index (χ0n) is 24.2. The number of alkyl halides is 3. The summed E-state index contributed by atoms with van der Waals surface area (Å²) in [6, 6.07) is -1.15. The van der Waals surface area contributed by atoms with Gasteiger partial charge >= 0.3 is 18.1 Å². The molecule has 0 radical (unpaired) electrons. The van der Waals surface area contributed by atoms with Gasteiger partial charge in [-0.25, -0.2) is 14.6 Å². The molecular weight excluding hydrogens is 579 g/mol. The SMILES string of the molecule is CC[C@H]1CCN(C[C@@H]2[C@@H](CC)CCN2C(=O)CCc2c[nH]cn2)C1C(=O)NC(CCSC)C(=O)O.O=C(O)C(F)(F)F. The third-order valence-corrected chi connectivity index (χ3v) is 8.63. The number of H-pyrrole nitrogens is 1. The van der Waals surface area contributed by atoms with Crippen LogP contribution in [-0.4, -0.2) is 110 Å². The third kappa shape index (κ3) is 10.2. The number of hydrogen-bond donors (Lipinski definition) is 4. The van der Waals surface area contributed by atoms with Gasteiger partial charge in [0, 0.05) is 31.7 Å². The second-order valence-corrected chi connectivity index (χ2v) is 11.5. The maximum absolute atomic E-state index is 13.4. The summed E-state index contributed by atoms with van der Waals surface area (Å²) < 4.78 is 31.7. The summed E-state index contributed by atoms with van der Waals surface area (Å²) in [5.41, 5.74) is 0.887. The first kappa shape index (κ1) is 35.4. The number of hydrogen-bond acceptors (Lipinski definition) is 7. The van der Waals surface area contributed by atoms with Gasteiger partial charge < -0.3 is 25.4 Å². The lowest BCUT2D eigenvalue weighted by molar-refractivity contribution is -0.192. The van der Waals surface area contributed by atoms with E-state index in [1.807, 2.05) is 17.4 Å². The van der Waals surface area contributed by atoms with E-state index in [2.05, 4.69) is 34.0 Å². The average Bonchev–Trinajstić information content (AvgIpc) is 3.69. The van der Waals surface area contributed by atoms with E-state index in [9.17, 15) is 32.7 Å². The molecule has 2 unspecified atom stereocenters. The zero-order valence-corrected chi connectivity index (χ0v) is 25.0. The molecular formula is C27H42F3N5O6S. The van der Waals surface area contributed by atoms with Crippen LogP contribution in [0.1, 0.15) is 58.1 Å². The van der Waals surface area contributed by atoms with E-state index in [1.54, 1.807) is 18.1 Å². The molecule has 2 aliphatic heterocycles. The van der Waals surface area contributed by atoms with Crippen molar-refractivity contribution in [3.05, 3.63) is 18.2 Å². The Labute approximate surface area is 248 Å². The molecule has 0 spiro atoms. The van der Waals surface area contributed by atoms with Crippen molar-refractivity contribution in [3.63, 3.8) is 0 Å². The van der Waals surface area contributed by atoms with E-state index in [1.165, 1.54) is 0 Å². The minimum absolute atomic E-state index is 0.0735. The molecule has 3 rings (SSSR count). The van der Waals surface area contributed by atoms with Crippen molar-refractivity contribution < 1.29 is 42.6 Å². The average molecular weight is 622 g/mol.